The van der Waals surface area contributed by atoms with Crippen LogP contribution in [-0.4, -0.2) is 41.4 Å². The number of amides is 1. The van der Waals surface area contributed by atoms with E-state index in [0.29, 0.717) is 30.4 Å². The van der Waals surface area contributed by atoms with Gasteiger partial charge in [0, 0.05) is 31.5 Å². The third kappa shape index (κ3) is 7.14. The molecule has 1 unspecified atom stereocenters. The number of aliphatic imine (C=N–C) groups is 1. The number of rotatable bonds is 9. The standard InChI is InChI=1S/C31H36N6O2/c1-3-34-31(35-22-32)37(21-23-10-9-19-33-20-23)26-17-15-25(16-18-26)29(24-11-5-4-6-12-24)36-30(38)27-13-7-8-14-28(27)39-2/h4-14,19-20,25-26,29H,3,15-18,21H2,1-2H3,(H,34,35)(H,36,38)/t25-,26+,29?. The Hall–Kier alpha value is -4.38. The minimum atomic E-state index is -0.141. The number of hydrogen-bond acceptors (Lipinski definition) is 5. The number of ether oxygens (including phenoxy) is 1. The first-order valence-electron chi connectivity index (χ1n) is 13.5. The number of pyridine rings is 1. The summed E-state index contributed by atoms with van der Waals surface area (Å²) in [5, 5.41) is 16.0. The first kappa shape index (κ1) is 27.6. The van der Waals surface area contributed by atoms with Gasteiger partial charge in [-0.2, -0.15) is 5.26 Å². The predicted octanol–water partition coefficient (Wildman–Crippen LogP) is 5.07. The van der Waals surface area contributed by atoms with Crippen molar-refractivity contribution in [2.24, 2.45) is 10.9 Å². The van der Waals surface area contributed by atoms with Crippen molar-refractivity contribution in [2.75, 3.05) is 13.7 Å². The van der Waals surface area contributed by atoms with Crippen LogP contribution in [0.15, 0.2) is 84.1 Å². The second kappa shape index (κ2) is 14.0. The van der Waals surface area contributed by atoms with E-state index >= 15 is 0 Å². The molecule has 8 nitrogen and oxygen atoms in total. The predicted molar refractivity (Wildman–Crippen MR) is 152 cm³/mol. The maximum Gasteiger partial charge on any atom is 0.255 e. The lowest BCUT2D eigenvalue weighted by molar-refractivity contribution is 0.0898. The average Bonchev–Trinajstić information content (AvgIpc) is 2.99. The number of methoxy groups -OCH3 is 1. The van der Waals surface area contributed by atoms with E-state index in [4.69, 9.17) is 4.74 Å². The van der Waals surface area contributed by atoms with Gasteiger partial charge in [-0.1, -0.05) is 48.5 Å². The molecular formula is C31H36N6O2. The van der Waals surface area contributed by atoms with E-state index in [2.05, 4.69) is 37.6 Å². The van der Waals surface area contributed by atoms with Crippen molar-refractivity contribution in [2.45, 2.75) is 51.2 Å². The molecule has 1 saturated carbocycles. The topological polar surface area (TPSA) is 103 Å². The number of benzene rings is 2. The van der Waals surface area contributed by atoms with Gasteiger partial charge in [-0.05, 0) is 67.9 Å². The highest BCUT2D eigenvalue weighted by Crippen LogP contribution is 2.37. The summed E-state index contributed by atoms with van der Waals surface area (Å²) in [6, 6.07) is 21.5. The molecule has 1 aliphatic carbocycles. The minimum absolute atomic E-state index is 0.127. The van der Waals surface area contributed by atoms with Gasteiger partial charge >= 0.3 is 0 Å². The molecule has 0 saturated heterocycles. The van der Waals surface area contributed by atoms with E-state index in [-0.39, 0.29) is 23.9 Å². The molecule has 0 bridgehead atoms. The van der Waals surface area contributed by atoms with Crippen molar-refractivity contribution in [3.8, 4) is 11.9 Å². The zero-order chi connectivity index (χ0) is 27.5. The van der Waals surface area contributed by atoms with E-state index < -0.39 is 0 Å². The maximum absolute atomic E-state index is 13.4. The SMILES string of the molecule is CCNC(=NC#N)N(Cc1cccnc1)[C@H]1CC[C@@H](C(NC(=O)c2ccccc2OC)c2ccccc2)CC1. The van der Waals surface area contributed by atoms with Crippen LogP contribution in [0.5, 0.6) is 5.75 Å². The van der Waals surface area contributed by atoms with Gasteiger partial charge in [-0.3, -0.25) is 9.78 Å². The number of para-hydroxylation sites is 1. The Morgan fingerprint density at radius 3 is 2.51 bits per heavy atom. The third-order valence-corrected chi connectivity index (χ3v) is 7.29. The second-order valence-corrected chi connectivity index (χ2v) is 9.69. The highest BCUT2D eigenvalue weighted by atomic mass is 16.5. The maximum atomic E-state index is 13.4. The van der Waals surface area contributed by atoms with Gasteiger partial charge in [-0.15, -0.1) is 4.99 Å². The van der Waals surface area contributed by atoms with Gasteiger partial charge in [0.1, 0.15) is 5.75 Å². The van der Waals surface area contributed by atoms with Crippen molar-refractivity contribution in [1.82, 2.24) is 20.5 Å². The van der Waals surface area contributed by atoms with Crippen LogP contribution in [0.1, 0.15) is 60.1 Å². The van der Waals surface area contributed by atoms with Crippen molar-refractivity contribution >= 4 is 11.9 Å². The normalized spacial score (nSPS) is 17.9. The number of carbonyl (C=O) groups excluding carboxylic acids is 1. The highest BCUT2D eigenvalue weighted by molar-refractivity contribution is 5.97. The Kier molecular flexibility index (Phi) is 9.90. The number of carbonyl (C=O) groups is 1. The van der Waals surface area contributed by atoms with Gasteiger partial charge in [0.05, 0.1) is 18.7 Å². The molecule has 202 valence electrons. The second-order valence-electron chi connectivity index (χ2n) is 9.69. The molecule has 1 amide bonds. The molecule has 4 rings (SSSR count). The molecular weight excluding hydrogens is 488 g/mol. The van der Waals surface area contributed by atoms with E-state index in [9.17, 15) is 10.1 Å². The fourth-order valence-corrected chi connectivity index (χ4v) is 5.41. The van der Waals surface area contributed by atoms with Gasteiger partial charge in [-0.25, -0.2) is 0 Å². The molecule has 39 heavy (non-hydrogen) atoms. The fraction of sp³-hybridized carbons (Fsp3) is 0.355. The van der Waals surface area contributed by atoms with Gasteiger partial charge < -0.3 is 20.3 Å². The van der Waals surface area contributed by atoms with E-state index in [1.807, 2.05) is 61.8 Å². The Balaban J connectivity index is 1.54. The van der Waals surface area contributed by atoms with Crippen molar-refractivity contribution in [3.63, 3.8) is 0 Å². The summed E-state index contributed by atoms with van der Waals surface area (Å²) >= 11 is 0. The molecule has 0 spiro atoms. The molecule has 1 aromatic heterocycles. The van der Waals surface area contributed by atoms with Crippen molar-refractivity contribution < 1.29 is 9.53 Å². The number of aromatic nitrogens is 1. The average molecular weight is 525 g/mol. The van der Waals surface area contributed by atoms with Gasteiger partial charge in [0.25, 0.3) is 5.91 Å². The Labute approximate surface area is 230 Å². The number of nitrogens with zero attached hydrogens (tertiary/aromatic N) is 4. The Bertz CT molecular complexity index is 1270. The van der Waals surface area contributed by atoms with Crippen LogP contribution in [0, 0.1) is 17.4 Å². The summed E-state index contributed by atoms with van der Waals surface area (Å²) in [5.74, 6) is 1.27. The molecule has 3 aromatic rings. The van der Waals surface area contributed by atoms with Crippen LogP contribution in [-0.2, 0) is 6.54 Å². The number of nitriles is 1. The summed E-state index contributed by atoms with van der Waals surface area (Å²) in [6.07, 6.45) is 9.25. The highest BCUT2D eigenvalue weighted by Gasteiger charge is 2.33. The Morgan fingerprint density at radius 1 is 1.10 bits per heavy atom. The van der Waals surface area contributed by atoms with E-state index in [1.165, 1.54) is 0 Å². The lowest BCUT2D eigenvalue weighted by atomic mass is 9.78. The van der Waals surface area contributed by atoms with Crippen LogP contribution < -0.4 is 15.4 Å². The molecule has 0 radical (unpaired) electrons. The molecule has 0 aliphatic heterocycles. The van der Waals surface area contributed by atoms with Crippen molar-refractivity contribution in [1.29, 1.82) is 5.26 Å². The number of guanidine groups is 1. The lowest BCUT2D eigenvalue weighted by Crippen LogP contribution is -2.48. The number of hydrogen-bond donors (Lipinski definition) is 2. The molecule has 1 atom stereocenters. The van der Waals surface area contributed by atoms with Gasteiger partial charge in [0.15, 0.2) is 0 Å². The van der Waals surface area contributed by atoms with Crippen LogP contribution >= 0.6 is 0 Å². The fourth-order valence-electron chi connectivity index (χ4n) is 5.41. The zero-order valence-corrected chi connectivity index (χ0v) is 22.6. The Morgan fingerprint density at radius 2 is 1.85 bits per heavy atom. The quantitative estimate of drug-likeness (QED) is 0.230. The first-order valence-corrected chi connectivity index (χ1v) is 13.5. The minimum Gasteiger partial charge on any atom is -0.496 e. The van der Waals surface area contributed by atoms with Crippen LogP contribution in [0.25, 0.3) is 0 Å². The molecule has 2 aromatic carbocycles. The largest absolute Gasteiger partial charge is 0.496 e. The van der Waals surface area contributed by atoms with Crippen LogP contribution in [0.3, 0.4) is 0 Å². The summed E-state index contributed by atoms with van der Waals surface area (Å²) in [6.45, 7) is 3.29. The molecule has 1 heterocycles. The molecule has 2 N–H and O–H groups in total. The zero-order valence-electron chi connectivity index (χ0n) is 22.6. The van der Waals surface area contributed by atoms with E-state index in [0.717, 1.165) is 36.8 Å². The van der Waals surface area contributed by atoms with Crippen molar-refractivity contribution in [3.05, 3.63) is 95.8 Å². The van der Waals surface area contributed by atoms with Crippen LogP contribution in [0.4, 0.5) is 0 Å². The van der Waals surface area contributed by atoms with Gasteiger partial charge in [0.2, 0.25) is 12.2 Å². The molecule has 8 heteroatoms. The van der Waals surface area contributed by atoms with Crippen LogP contribution in [0.2, 0.25) is 0 Å². The summed E-state index contributed by atoms with van der Waals surface area (Å²) in [5.41, 5.74) is 2.69. The van der Waals surface area contributed by atoms with E-state index in [1.54, 1.807) is 25.4 Å². The first-order chi connectivity index (χ1) is 19.1. The smallest absolute Gasteiger partial charge is 0.255 e. The summed E-state index contributed by atoms with van der Waals surface area (Å²) in [4.78, 5) is 24.0. The lowest BCUT2D eigenvalue weighted by Gasteiger charge is -2.40. The third-order valence-electron chi connectivity index (χ3n) is 7.29. The molecule has 1 aliphatic rings. The molecule has 1 fully saturated rings. The monoisotopic (exact) mass is 524 g/mol. The summed E-state index contributed by atoms with van der Waals surface area (Å²) in [7, 11) is 1.58. The number of nitrogens with one attached hydrogen (secondary N) is 2. The summed E-state index contributed by atoms with van der Waals surface area (Å²) < 4.78 is 5.44.